The van der Waals surface area contributed by atoms with Gasteiger partial charge in [-0.25, -0.2) is 4.79 Å². The van der Waals surface area contributed by atoms with Crippen LogP contribution in [0.2, 0.25) is 0 Å². The molecule has 0 aliphatic carbocycles. The van der Waals surface area contributed by atoms with Gasteiger partial charge in [0, 0.05) is 0 Å². The quantitative estimate of drug-likeness (QED) is 0.325. The summed E-state index contributed by atoms with van der Waals surface area (Å²) < 4.78 is 0. The van der Waals surface area contributed by atoms with Crippen LogP contribution in [0.15, 0.2) is 0 Å². The number of nitrogens with one attached hydrogen (secondary N) is 2. The topological polar surface area (TPSA) is 98.7 Å². The van der Waals surface area contributed by atoms with E-state index in [4.69, 9.17) is 10.2 Å². The lowest BCUT2D eigenvalue weighted by atomic mass is 10.1. The lowest BCUT2D eigenvalue weighted by Crippen LogP contribution is -2.46. The van der Waals surface area contributed by atoms with Crippen molar-refractivity contribution in [1.82, 2.24) is 10.6 Å². The molecule has 0 heterocycles. The predicted octanol–water partition coefficient (Wildman–Crippen LogP) is 2.06. The molecule has 0 aliphatic heterocycles. The van der Waals surface area contributed by atoms with E-state index in [9.17, 15) is 9.59 Å². The first-order valence-electron chi connectivity index (χ1n) is 8.95. The van der Waals surface area contributed by atoms with Crippen molar-refractivity contribution in [2.45, 2.75) is 77.2 Å². The Labute approximate surface area is 140 Å². The van der Waals surface area contributed by atoms with Crippen LogP contribution >= 0.6 is 0 Å². The van der Waals surface area contributed by atoms with Crippen LogP contribution in [-0.2, 0) is 9.59 Å². The van der Waals surface area contributed by atoms with Crippen molar-refractivity contribution in [3.8, 4) is 0 Å². The zero-order chi connectivity index (χ0) is 17.3. The number of aliphatic hydroxyl groups is 1. The molecule has 1 amide bonds. The third-order valence-electron chi connectivity index (χ3n) is 3.81. The number of unbranched alkanes of at least 4 members (excludes halogenated alkanes) is 9. The van der Waals surface area contributed by atoms with E-state index in [0.717, 1.165) is 19.4 Å². The molecule has 0 fully saturated rings. The van der Waals surface area contributed by atoms with E-state index in [0.29, 0.717) is 0 Å². The fraction of sp³-hybridized carbons (Fsp3) is 0.882. The fourth-order valence-corrected chi connectivity index (χ4v) is 2.37. The molecule has 4 N–H and O–H groups in total. The minimum absolute atomic E-state index is 0.0845. The van der Waals surface area contributed by atoms with Crippen LogP contribution < -0.4 is 10.6 Å². The van der Waals surface area contributed by atoms with Crippen molar-refractivity contribution in [3.05, 3.63) is 0 Å². The number of amides is 1. The summed E-state index contributed by atoms with van der Waals surface area (Å²) in [6.07, 6.45) is 12.7. The number of carboxylic acids is 1. The molecule has 0 aromatic carbocycles. The van der Waals surface area contributed by atoms with Gasteiger partial charge in [0.15, 0.2) is 0 Å². The number of hydrogen-bond acceptors (Lipinski definition) is 4. The summed E-state index contributed by atoms with van der Waals surface area (Å²) in [5.41, 5.74) is 0. The maximum atomic E-state index is 11.5. The molecule has 0 saturated carbocycles. The Kier molecular flexibility index (Phi) is 15.0. The third-order valence-corrected chi connectivity index (χ3v) is 3.81. The van der Waals surface area contributed by atoms with Crippen LogP contribution in [0.4, 0.5) is 0 Å². The number of hydrogen-bond donors (Lipinski definition) is 4. The second kappa shape index (κ2) is 15.7. The molecule has 0 saturated heterocycles. The van der Waals surface area contributed by atoms with Gasteiger partial charge < -0.3 is 20.8 Å². The third kappa shape index (κ3) is 14.2. The van der Waals surface area contributed by atoms with Crippen LogP contribution in [0.5, 0.6) is 0 Å². The van der Waals surface area contributed by atoms with E-state index in [1.807, 2.05) is 0 Å². The lowest BCUT2D eigenvalue weighted by Gasteiger charge is -2.11. The van der Waals surface area contributed by atoms with E-state index >= 15 is 0 Å². The summed E-state index contributed by atoms with van der Waals surface area (Å²) >= 11 is 0. The van der Waals surface area contributed by atoms with Crippen molar-refractivity contribution in [2.24, 2.45) is 0 Å². The van der Waals surface area contributed by atoms with Crippen molar-refractivity contribution >= 4 is 11.9 Å². The van der Waals surface area contributed by atoms with Crippen LogP contribution in [-0.4, -0.2) is 47.8 Å². The van der Waals surface area contributed by atoms with Crippen molar-refractivity contribution in [2.75, 3.05) is 19.7 Å². The zero-order valence-electron chi connectivity index (χ0n) is 14.5. The van der Waals surface area contributed by atoms with Crippen LogP contribution in [0.3, 0.4) is 0 Å². The molecule has 0 aromatic heterocycles. The van der Waals surface area contributed by atoms with Gasteiger partial charge in [0.05, 0.1) is 13.2 Å². The molecule has 0 aromatic rings. The van der Waals surface area contributed by atoms with Gasteiger partial charge in [-0.2, -0.15) is 0 Å². The minimum atomic E-state index is -1.23. The van der Waals surface area contributed by atoms with Gasteiger partial charge in [-0.15, -0.1) is 0 Å². The maximum absolute atomic E-state index is 11.5. The van der Waals surface area contributed by atoms with Crippen molar-refractivity contribution < 1.29 is 19.8 Å². The summed E-state index contributed by atoms with van der Waals surface area (Å²) in [7, 11) is 0. The molecule has 0 radical (unpaired) electrons. The molecule has 1 atom stereocenters. The summed E-state index contributed by atoms with van der Waals surface area (Å²) in [5, 5.41) is 22.7. The second-order valence-electron chi connectivity index (χ2n) is 6.00. The summed E-state index contributed by atoms with van der Waals surface area (Å²) in [4.78, 5) is 22.1. The smallest absolute Gasteiger partial charge is 0.328 e. The van der Waals surface area contributed by atoms with E-state index in [-0.39, 0.29) is 6.54 Å². The van der Waals surface area contributed by atoms with E-state index in [1.165, 1.54) is 51.4 Å². The van der Waals surface area contributed by atoms with Crippen molar-refractivity contribution in [3.63, 3.8) is 0 Å². The van der Waals surface area contributed by atoms with Gasteiger partial charge in [0.2, 0.25) is 5.91 Å². The van der Waals surface area contributed by atoms with Crippen LogP contribution in [0.25, 0.3) is 0 Å². The number of carbonyl (C=O) groups excluding carboxylic acids is 1. The molecule has 23 heavy (non-hydrogen) atoms. The van der Waals surface area contributed by atoms with Gasteiger partial charge >= 0.3 is 5.97 Å². The van der Waals surface area contributed by atoms with Gasteiger partial charge in [0.25, 0.3) is 0 Å². The van der Waals surface area contributed by atoms with Crippen LogP contribution in [0, 0.1) is 0 Å². The van der Waals surface area contributed by atoms with Gasteiger partial charge in [-0.3, -0.25) is 4.79 Å². The van der Waals surface area contributed by atoms with Gasteiger partial charge in [-0.1, -0.05) is 64.7 Å². The highest BCUT2D eigenvalue weighted by Crippen LogP contribution is 2.10. The molecule has 0 bridgehead atoms. The highest BCUT2D eigenvalue weighted by atomic mass is 16.4. The fourth-order valence-electron chi connectivity index (χ4n) is 2.37. The van der Waals surface area contributed by atoms with Crippen LogP contribution in [0.1, 0.15) is 71.1 Å². The molecule has 0 rings (SSSR count). The molecule has 0 aliphatic rings. The highest BCUT2D eigenvalue weighted by molar-refractivity contribution is 5.84. The Bertz CT molecular complexity index is 311. The summed E-state index contributed by atoms with van der Waals surface area (Å²) in [6.45, 7) is 2.47. The second-order valence-corrected chi connectivity index (χ2v) is 6.00. The van der Waals surface area contributed by atoms with E-state index < -0.39 is 24.5 Å². The Morgan fingerprint density at radius 1 is 0.913 bits per heavy atom. The number of aliphatic hydroxyl groups excluding tert-OH is 1. The highest BCUT2D eigenvalue weighted by Gasteiger charge is 2.17. The normalized spacial score (nSPS) is 12.1. The minimum Gasteiger partial charge on any atom is -0.480 e. The Morgan fingerprint density at radius 2 is 1.43 bits per heavy atom. The maximum Gasteiger partial charge on any atom is 0.328 e. The average molecular weight is 330 g/mol. The Hall–Kier alpha value is -1.14. The Balaban J connectivity index is 3.32. The monoisotopic (exact) mass is 330 g/mol. The Morgan fingerprint density at radius 3 is 1.91 bits per heavy atom. The first kappa shape index (κ1) is 21.9. The number of carboxylic acid groups (broad SMARTS) is 1. The summed E-state index contributed by atoms with van der Waals surface area (Å²) in [6, 6.07) is -1.22. The molecule has 0 unspecified atom stereocenters. The van der Waals surface area contributed by atoms with Crippen molar-refractivity contribution in [1.29, 1.82) is 0 Å². The van der Waals surface area contributed by atoms with Gasteiger partial charge in [0.1, 0.15) is 6.04 Å². The first-order valence-corrected chi connectivity index (χ1v) is 8.95. The first-order chi connectivity index (χ1) is 11.1. The average Bonchev–Trinajstić information content (AvgIpc) is 2.53. The van der Waals surface area contributed by atoms with Gasteiger partial charge in [-0.05, 0) is 13.0 Å². The lowest BCUT2D eigenvalue weighted by molar-refractivity contribution is -0.142. The molecule has 6 nitrogen and oxygen atoms in total. The molecule has 136 valence electrons. The molecule has 0 spiro atoms. The van der Waals surface area contributed by atoms with E-state index in [1.54, 1.807) is 0 Å². The number of aliphatic carboxylic acids is 1. The predicted molar refractivity (Wildman–Crippen MR) is 91.4 cm³/mol. The molecule has 6 heteroatoms. The zero-order valence-corrected chi connectivity index (χ0v) is 14.5. The summed E-state index contributed by atoms with van der Waals surface area (Å²) in [5.74, 6) is -1.63. The standard InChI is InChI=1S/C17H34N2O4/c1-2-3-4-5-6-7-8-9-10-11-12-18-13-16(21)19-15(14-20)17(22)23/h15,18,20H,2-14H2,1H3,(H,19,21)(H,22,23)/t15-/m0/s1. The molecular formula is C17H34N2O4. The SMILES string of the molecule is CCCCCCCCCCCCNCC(=O)N[C@@H](CO)C(=O)O. The van der Waals surface area contributed by atoms with E-state index in [2.05, 4.69) is 17.6 Å². The molecular weight excluding hydrogens is 296 g/mol. The number of carbonyl (C=O) groups is 2. The largest absolute Gasteiger partial charge is 0.480 e. The number of rotatable bonds is 16.